The van der Waals surface area contributed by atoms with Gasteiger partial charge in [0.15, 0.2) is 0 Å². The van der Waals surface area contributed by atoms with E-state index in [9.17, 15) is 0 Å². The van der Waals surface area contributed by atoms with Gasteiger partial charge in [-0.05, 0) is 25.0 Å². The van der Waals surface area contributed by atoms with Gasteiger partial charge in [0.05, 0.1) is 23.2 Å². The van der Waals surface area contributed by atoms with Gasteiger partial charge < -0.3 is 4.74 Å². The Bertz CT molecular complexity index is 658. The zero-order valence-electron chi connectivity index (χ0n) is 10.8. The van der Waals surface area contributed by atoms with Crippen molar-refractivity contribution in [3.8, 4) is 11.8 Å². The first kappa shape index (κ1) is 13.4. The van der Waals surface area contributed by atoms with Crippen LogP contribution in [0.2, 0.25) is 5.02 Å². The molecule has 5 heteroatoms. The van der Waals surface area contributed by atoms with Crippen molar-refractivity contribution < 1.29 is 4.74 Å². The molecule has 102 valence electrons. The Morgan fingerprint density at radius 3 is 2.90 bits per heavy atom. The highest BCUT2D eigenvalue weighted by Gasteiger charge is 2.29. The molecule has 2 aromatic rings. The van der Waals surface area contributed by atoms with Crippen LogP contribution in [-0.4, -0.2) is 4.98 Å². The summed E-state index contributed by atoms with van der Waals surface area (Å²) in [6.07, 6.45) is 2.82. The lowest BCUT2D eigenvalue weighted by atomic mass is 10.2. The van der Waals surface area contributed by atoms with Gasteiger partial charge in [-0.3, -0.25) is 0 Å². The standard InChI is InChI=1S/C15H13ClN2OS/c16-11-3-1-2-4-12(11)19-9-14-18-15(10-5-6-10)13(20-14)7-8-17/h1-4,10H,5-7,9H2. The van der Waals surface area contributed by atoms with Gasteiger partial charge in [-0.25, -0.2) is 4.98 Å². The Balaban J connectivity index is 1.73. The fourth-order valence-electron chi connectivity index (χ4n) is 2.05. The lowest BCUT2D eigenvalue weighted by molar-refractivity contribution is 0.305. The number of nitrogens with zero attached hydrogens (tertiary/aromatic N) is 2. The molecule has 0 N–H and O–H groups in total. The summed E-state index contributed by atoms with van der Waals surface area (Å²) < 4.78 is 5.70. The summed E-state index contributed by atoms with van der Waals surface area (Å²) in [5.74, 6) is 1.22. The van der Waals surface area contributed by atoms with Gasteiger partial charge in [0, 0.05) is 10.8 Å². The lowest BCUT2D eigenvalue weighted by Crippen LogP contribution is -1.95. The van der Waals surface area contributed by atoms with Crippen LogP contribution in [-0.2, 0) is 13.0 Å². The van der Waals surface area contributed by atoms with E-state index in [1.54, 1.807) is 17.4 Å². The Hall–Kier alpha value is -1.57. The molecule has 1 fully saturated rings. The van der Waals surface area contributed by atoms with Gasteiger partial charge >= 0.3 is 0 Å². The second kappa shape index (κ2) is 5.82. The highest BCUT2D eigenvalue weighted by atomic mass is 35.5. The van der Waals surface area contributed by atoms with E-state index in [1.807, 2.05) is 18.2 Å². The molecule has 0 saturated heterocycles. The molecule has 0 unspecified atom stereocenters. The summed E-state index contributed by atoms with van der Waals surface area (Å²) in [7, 11) is 0. The van der Waals surface area contributed by atoms with Crippen LogP contribution in [0.25, 0.3) is 0 Å². The van der Waals surface area contributed by atoms with Gasteiger partial charge in [-0.1, -0.05) is 23.7 Å². The summed E-state index contributed by atoms with van der Waals surface area (Å²) >= 11 is 7.63. The minimum absolute atomic E-state index is 0.402. The fourth-order valence-corrected chi connectivity index (χ4v) is 3.24. The van der Waals surface area contributed by atoms with Crippen molar-refractivity contribution in [1.82, 2.24) is 4.98 Å². The first-order valence-corrected chi connectivity index (χ1v) is 7.70. The monoisotopic (exact) mass is 304 g/mol. The average molecular weight is 305 g/mol. The number of hydrogen-bond donors (Lipinski definition) is 0. The van der Waals surface area contributed by atoms with Gasteiger partial charge in [-0.2, -0.15) is 5.26 Å². The number of benzene rings is 1. The molecule has 1 aromatic carbocycles. The minimum Gasteiger partial charge on any atom is -0.485 e. The van der Waals surface area contributed by atoms with Gasteiger partial charge in [0.1, 0.15) is 17.4 Å². The van der Waals surface area contributed by atoms with Crippen LogP contribution in [0.1, 0.15) is 34.3 Å². The average Bonchev–Trinajstić information content (AvgIpc) is 3.21. The highest BCUT2D eigenvalue weighted by molar-refractivity contribution is 7.11. The maximum absolute atomic E-state index is 8.88. The second-order valence-corrected chi connectivity index (χ2v) is 6.32. The van der Waals surface area contributed by atoms with Gasteiger partial charge in [0.2, 0.25) is 0 Å². The number of ether oxygens (including phenoxy) is 1. The Morgan fingerprint density at radius 2 is 2.20 bits per heavy atom. The zero-order valence-corrected chi connectivity index (χ0v) is 12.4. The summed E-state index contributed by atoms with van der Waals surface area (Å²) in [5.41, 5.74) is 1.11. The van der Waals surface area contributed by atoms with Crippen molar-refractivity contribution in [3.05, 3.63) is 44.9 Å². The lowest BCUT2D eigenvalue weighted by Gasteiger charge is -2.05. The maximum Gasteiger partial charge on any atom is 0.140 e. The number of halogens is 1. The predicted octanol–water partition coefficient (Wildman–Crippen LogP) is 4.32. The van der Waals surface area contributed by atoms with Crippen LogP contribution in [0.15, 0.2) is 24.3 Å². The van der Waals surface area contributed by atoms with Crippen molar-refractivity contribution >= 4 is 22.9 Å². The van der Waals surface area contributed by atoms with Crippen molar-refractivity contribution in [2.75, 3.05) is 0 Å². The normalized spacial score (nSPS) is 14.0. The highest BCUT2D eigenvalue weighted by Crippen LogP contribution is 2.42. The molecule has 20 heavy (non-hydrogen) atoms. The van der Waals surface area contributed by atoms with Crippen molar-refractivity contribution in [2.24, 2.45) is 0 Å². The van der Waals surface area contributed by atoms with Crippen LogP contribution in [0.5, 0.6) is 5.75 Å². The topological polar surface area (TPSA) is 45.9 Å². The van der Waals surface area contributed by atoms with Crippen molar-refractivity contribution in [3.63, 3.8) is 0 Å². The predicted molar refractivity (Wildman–Crippen MR) is 79.2 cm³/mol. The number of para-hydroxylation sites is 1. The zero-order chi connectivity index (χ0) is 13.9. The third-order valence-electron chi connectivity index (χ3n) is 3.16. The van der Waals surface area contributed by atoms with E-state index < -0.39 is 0 Å². The molecular formula is C15H13ClN2OS. The SMILES string of the molecule is N#CCc1sc(COc2ccccc2Cl)nc1C1CC1. The van der Waals surface area contributed by atoms with Crippen LogP contribution < -0.4 is 4.74 Å². The maximum atomic E-state index is 8.88. The van der Waals surface area contributed by atoms with E-state index in [-0.39, 0.29) is 0 Å². The molecule has 0 spiro atoms. The third-order valence-corrected chi connectivity index (χ3v) is 4.52. The molecule has 1 saturated carbocycles. The number of aromatic nitrogens is 1. The molecule has 1 aliphatic carbocycles. The molecule has 0 bridgehead atoms. The fraction of sp³-hybridized carbons (Fsp3) is 0.333. The molecule has 0 atom stereocenters. The quantitative estimate of drug-likeness (QED) is 0.826. The van der Waals surface area contributed by atoms with Crippen molar-refractivity contribution in [1.29, 1.82) is 5.26 Å². The molecule has 1 aromatic heterocycles. The number of hydrogen-bond acceptors (Lipinski definition) is 4. The van der Waals surface area contributed by atoms with Crippen molar-refractivity contribution in [2.45, 2.75) is 31.8 Å². The first-order chi connectivity index (χ1) is 9.78. The van der Waals surface area contributed by atoms with E-state index in [0.29, 0.717) is 29.7 Å². The van der Waals surface area contributed by atoms with E-state index in [1.165, 1.54) is 12.8 Å². The molecule has 3 nitrogen and oxygen atoms in total. The van der Waals surface area contributed by atoms with Gasteiger partial charge in [-0.15, -0.1) is 11.3 Å². The number of nitriles is 1. The smallest absolute Gasteiger partial charge is 0.140 e. The largest absolute Gasteiger partial charge is 0.485 e. The molecule has 1 heterocycles. The van der Waals surface area contributed by atoms with Crippen LogP contribution in [0.4, 0.5) is 0 Å². The minimum atomic E-state index is 0.402. The van der Waals surface area contributed by atoms with E-state index in [4.69, 9.17) is 21.6 Å². The first-order valence-electron chi connectivity index (χ1n) is 6.50. The molecule has 0 aliphatic heterocycles. The molecule has 0 radical (unpaired) electrons. The molecule has 1 aliphatic rings. The van der Waals surface area contributed by atoms with E-state index in [0.717, 1.165) is 15.6 Å². The second-order valence-electron chi connectivity index (χ2n) is 4.74. The van der Waals surface area contributed by atoms with Crippen LogP contribution in [0, 0.1) is 11.3 Å². The summed E-state index contributed by atoms with van der Waals surface area (Å²) in [6, 6.07) is 9.61. The Kier molecular flexibility index (Phi) is 3.90. The van der Waals surface area contributed by atoms with E-state index >= 15 is 0 Å². The van der Waals surface area contributed by atoms with E-state index in [2.05, 4.69) is 11.1 Å². The van der Waals surface area contributed by atoms with Crippen LogP contribution >= 0.6 is 22.9 Å². The number of thiazole rings is 1. The third kappa shape index (κ3) is 2.95. The Labute approximate surface area is 126 Å². The van der Waals surface area contributed by atoms with Gasteiger partial charge in [0.25, 0.3) is 0 Å². The molecular weight excluding hydrogens is 292 g/mol. The molecule has 0 amide bonds. The molecule has 3 rings (SSSR count). The van der Waals surface area contributed by atoms with Crippen LogP contribution in [0.3, 0.4) is 0 Å². The summed E-state index contributed by atoms with van der Waals surface area (Å²) in [4.78, 5) is 5.73. The summed E-state index contributed by atoms with van der Waals surface area (Å²) in [6.45, 7) is 0.402. The summed E-state index contributed by atoms with van der Waals surface area (Å²) in [5, 5.41) is 10.4. The Morgan fingerprint density at radius 1 is 1.40 bits per heavy atom. The number of rotatable bonds is 5.